The predicted molar refractivity (Wildman–Crippen MR) is 68.2 cm³/mol. The van der Waals surface area contributed by atoms with Gasteiger partial charge in [0.2, 0.25) is 5.91 Å². The number of carbonyl (C=O) groups is 2. The van der Waals surface area contributed by atoms with Crippen molar-refractivity contribution in [1.29, 1.82) is 0 Å². The molecular formula is C13H17FN2O3. The van der Waals surface area contributed by atoms with Crippen LogP contribution in [0.1, 0.15) is 17.3 Å². The Labute approximate surface area is 111 Å². The average Bonchev–Trinajstić information content (AvgIpc) is 2.37. The van der Waals surface area contributed by atoms with Crippen LogP contribution in [0.5, 0.6) is 0 Å². The van der Waals surface area contributed by atoms with Gasteiger partial charge in [-0.05, 0) is 31.2 Å². The van der Waals surface area contributed by atoms with E-state index in [4.69, 9.17) is 4.74 Å². The van der Waals surface area contributed by atoms with E-state index in [1.807, 2.05) is 0 Å². The van der Waals surface area contributed by atoms with Gasteiger partial charge in [-0.3, -0.25) is 9.59 Å². The summed E-state index contributed by atoms with van der Waals surface area (Å²) in [6, 6.07) is 4.97. The number of ether oxygens (including phenoxy) is 1. The first-order valence-electron chi connectivity index (χ1n) is 5.85. The Morgan fingerprint density at radius 2 is 1.95 bits per heavy atom. The molecule has 19 heavy (non-hydrogen) atoms. The van der Waals surface area contributed by atoms with E-state index in [-0.39, 0.29) is 18.5 Å². The van der Waals surface area contributed by atoms with Crippen LogP contribution in [0.4, 0.5) is 4.39 Å². The highest BCUT2D eigenvalue weighted by Gasteiger charge is 2.10. The zero-order valence-corrected chi connectivity index (χ0v) is 10.9. The summed E-state index contributed by atoms with van der Waals surface area (Å²) in [6.45, 7) is 2.06. The van der Waals surface area contributed by atoms with Crippen molar-refractivity contribution in [2.24, 2.45) is 0 Å². The van der Waals surface area contributed by atoms with Crippen molar-refractivity contribution in [1.82, 2.24) is 10.6 Å². The molecule has 0 fully saturated rings. The number of rotatable bonds is 6. The molecule has 0 spiro atoms. The van der Waals surface area contributed by atoms with Crippen LogP contribution < -0.4 is 10.6 Å². The normalized spacial score (nSPS) is 11.7. The van der Waals surface area contributed by atoms with Crippen molar-refractivity contribution in [3.63, 3.8) is 0 Å². The lowest BCUT2D eigenvalue weighted by atomic mass is 10.2. The highest BCUT2D eigenvalue weighted by Crippen LogP contribution is 2.02. The predicted octanol–water partition coefficient (Wildman–Crippen LogP) is 0.707. The summed E-state index contributed by atoms with van der Waals surface area (Å²) in [4.78, 5) is 23.1. The topological polar surface area (TPSA) is 67.4 Å². The van der Waals surface area contributed by atoms with Crippen LogP contribution in [0.2, 0.25) is 0 Å². The van der Waals surface area contributed by atoms with E-state index in [9.17, 15) is 14.0 Å². The molecule has 0 heterocycles. The minimum atomic E-state index is -0.422. The van der Waals surface area contributed by atoms with Gasteiger partial charge in [-0.2, -0.15) is 0 Å². The van der Waals surface area contributed by atoms with E-state index in [0.29, 0.717) is 12.2 Å². The van der Waals surface area contributed by atoms with Gasteiger partial charge >= 0.3 is 0 Å². The maximum atomic E-state index is 12.7. The third kappa shape index (κ3) is 5.48. The first kappa shape index (κ1) is 15.1. The van der Waals surface area contributed by atoms with Gasteiger partial charge in [-0.1, -0.05) is 0 Å². The molecule has 1 aromatic carbocycles. The highest BCUT2D eigenvalue weighted by molar-refractivity contribution is 5.96. The Kier molecular flexibility index (Phi) is 5.95. The molecule has 2 N–H and O–H groups in total. The summed E-state index contributed by atoms with van der Waals surface area (Å²) < 4.78 is 17.5. The summed E-state index contributed by atoms with van der Waals surface area (Å²) >= 11 is 0. The Hall–Kier alpha value is -1.95. The monoisotopic (exact) mass is 268 g/mol. The fraction of sp³-hybridized carbons (Fsp3) is 0.385. The van der Waals surface area contributed by atoms with E-state index in [1.54, 1.807) is 14.0 Å². The summed E-state index contributed by atoms with van der Waals surface area (Å²) in [5.41, 5.74) is 0.305. The zero-order valence-electron chi connectivity index (χ0n) is 10.9. The van der Waals surface area contributed by atoms with Crippen LogP contribution in [-0.2, 0) is 9.53 Å². The summed E-state index contributed by atoms with van der Waals surface area (Å²) in [6.07, 6.45) is 0. The summed E-state index contributed by atoms with van der Waals surface area (Å²) in [5.74, 6) is -1.14. The highest BCUT2D eigenvalue weighted by atomic mass is 19.1. The number of hydrogen-bond donors (Lipinski definition) is 2. The Bertz CT molecular complexity index is 434. The molecule has 1 rings (SSSR count). The lowest BCUT2D eigenvalue weighted by Gasteiger charge is -2.13. The molecule has 0 aromatic heterocycles. The van der Waals surface area contributed by atoms with Crippen LogP contribution in [0, 0.1) is 5.82 Å². The van der Waals surface area contributed by atoms with Gasteiger partial charge < -0.3 is 15.4 Å². The molecule has 1 aromatic rings. The number of hydrogen-bond acceptors (Lipinski definition) is 3. The molecule has 0 aliphatic carbocycles. The van der Waals surface area contributed by atoms with Crippen molar-refractivity contribution in [2.45, 2.75) is 13.0 Å². The van der Waals surface area contributed by atoms with Gasteiger partial charge in [0.15, 0.2) is 0 Å². The molecule has 5 nitrogen and oxygen atoms in total. The molecule has 0 saturated carbocycles. The maximum Gasteiger partial charge on any atom is 0.251 e. The van der Waals surface area contributed by atoms with Gasteiger partial charge in [0.1, 0.15) is 5.82 Å². The van der Waals surface area contributed by atoms with Crippen molar-refractivity contribution in [2.75, 3.05) is 20.3 Å². The second-order valence-electron chi connectivity index (χ2n) is 4.11. The Morgan fingerprint density at radius 3 is 2.53 bits per heavy atom. The minimum Gasteiger partial charge on any atom is -0.383 e. The van der Waals surface area contributed by atoms with E-state index >= 15 is 0 Å². The van der Waals surface area contributed by atoms with Crippen molar-refractivity contribution >= 4 is 11.8 Å². The Morgan fingerprint density at radius 1 is 1.32 bits per heavy atom. The molecule has 2 amide bonds. The fourth-order valence-electron chi connectivity index (χ4n) is 1.48. The molecule has 104 valence electrons. The zero-order chi connectivity index (χ0) is 14.3. The minimum absolute atomic E-state index is 0.125. The number of methoxy groups -OCH3 is 1. The molecule has 6 heteroatoms. The second-order valence-corrected chi connectivity index (χ2v) is 4.11. The first-order valence-corrected chi connectivity index (χ1v) is 5.85. The van der Waals surface area contributed by atoms with E-state index in [0.717, 1.165) is 0 Å². The summed E-state index contributed by atoms with van der Waals surface area (Å²) in [5, 5.41) is 5.11. The van der Waals surface area contributed by atoms with Crippen molar-refractivity contribution < 1.29 is 18.7 Å². The number of benzene rings is 1. The SMILES string of the molecule is COCC(C)NC(=O)CNC(=O)c1ccc(F)cc1. The smallest absolute Gasteiger partial charge is 0.251 e. The number of amides is 2. The maximum absolute atomic E-state index is 12.7. The largest absolute Gasteiger partial charge is 0.383 e. The number of carbonyl (C=O) groups excluding carboxylic acids is 2. The molecule has 0 saturated heterocycles. The molecule has 1 unspecified atom stereocenters. The van der Waals surface area contributed by atoms with Gasteiger partial charge in [0.25, 0.3) is 5.91 Å². The standard InChI is InChI=1S/C13H17FN2O3/c1-9(8-19-2)16-12(17)7-15-13(18)10-3-5-11(14)6-4-10/h3-6,9H,7-8H2,1-2H3,(H,15,18)(H,16,17). The molecular weight excluding hydrogens is 251 g/mol. The van der Waals surface area contributed by atoms with Crippen molar-refractivity contribution in [3.8, 4) is 0 Å². The number of halogens is 1. The molecule has 0 radical (unpaired) electrons. The number of nitrogens with one attached hydrogen (secondary N) is 2. The van der Waals surface area contributed by atoms with E-state index in [1.165, 1.54) is 24.3 Å². The molecule has 1 atom stereocenters. The van der Waals surface area contributed by atoms with Gasteiger partial charge in [0, 0.05) is 18.7 Å². The average molecular weight is 268 g/mol. The van der Waals surface area contributed by atoms with Crippen LogP contribution >= 0.6 is 0 Å². The third-order valence-electron chi connectivity index (χ3n) is 2.34. The summed E-state index contributed by atoms with van der Waals surface area (Å²) in [7, 11) is 1.54. The van der Waals surface area contributed by atoms with E-state index < -0.39 is 11.7 Å². The molecule has 0 bridgehead atoms. The fourth-order valence-corrected chi connectivity index (χ4v) is 1.48. The molecule has 0 aliphatic rings. The quantitative estimate of drug-likeness (QED) is 0.798. The van der Waals surface area contributed by atoms with Crippen LogP contribution in [0.3, 0.4) is 0 Å². The Balaban J connectivity index is 2.37. The van der Waals surface area contributed by atoms with Crippen molar-refractivity contribution in [3.05, 3.63) is 35.6 Å². The third-order valence-corrected chi connectivity index (χ3v) is 2.34. The lowest BCUT2D eigenvalue weighted by Crippen LogP contribution is -2.42. The van der Waals surface area contributed by atoms with Crippen LogP contribution in [-0.4, -0.2) is 38.1 Å². The van der Waals surface area contributed by atoms with Gasteiger partial charge in [-0.25, -0.2) is 4.39 Å². The second kappa shape index (κ2) is 7.48. The lowest BCUT2D eigenvalue weighted by molar-refractivity contribution is -0.121. The van der Waals surface area contributed by atoms with Gasteiger partial charge in [0.05, 0.1) is 13.2 Å². The van der Waals surface area contributed by atoms with E-state index in [2.05, 4.69) is 10.6 Å². The van der Waals surface area contributed by atoms with Crippen LogP contribution in [0.15, 0.2) is 24.3 Å². The molecule has 0 aliphatic heterocycles. The first-order chi connectivity index (χ1) is 9.02. The van der Waals surface area contributed by atoms with Crippen LogP contribution in [0.25, 0.3) is 0 Å². The van der Waals surface area contributed by atoms with Gasteiger partial charge in [-0.15, -0.1) is 0 Å².